The van der Waals surface area contributed by atoms with Crippen molar-refractivity contribution >= 4 is 35.1 Å². The molecule has 0 saturated heterocycles. The van der Waals surface area contributed by atoms with Crippen molar-refractivity contribution in [2.45, 2.75) is 77.6 Å². The third-order valence-corrected chi connectivity index (χ3v) is 4.67. The fraction of sp³-hybridized carbons (Fsp3) is 0.619. The largest absolute Gasteiger partial charge is 0.466 e. The predicted octanol–water partition coefficient (Wildman–Crippen LogP) is 6.75. The third kappa shape index (κ3) is 11.9. The van der Waals surface area contributed by atoms with Crippen LogP contribution in [-0.2, 0) is 14.3 Å². The van der Waals surface area contributed by atoms with Crippen molar-refractivity contribution in [1.82, 2.24) is 0 Å². The van der Waals surface area contributed by atoms with Gasteiger partial charge in [0.1, 0.15) is 5.75 Å². The Hall–Kier alpha value is -1.26. The average Bonchev–Trinajstić information content (AvgIpc) is 2.63. The number of halogens is 2. The van der Waals surface area contributed by atoms with Gasteiger partial charge in [0.15, 0.2) is 0 Å². The van der Waals surface area contributed by atoms with E-state index in [4.69, 9.17) is 32.7 Å². The quantitative estimate of drug-likeness (QED) is 0.191. The molecule has 0 aliphatic carbocycles. The molecule has 1 aromatic carbocycles. The molecule has 0 radical (unpaired) electrons. The minimum absolute atomic E-state index is 0.0882. The highest BCUT2D eigenvalue weighted by molar-refractivity contribution is 6.35. The van der Waals surface area contributed by atoms with Gasteiger partial charge < -0.3 is 9.47 Å². The topological polar surface area (TPSA) is 52.6 Å². The molecule has 6 heteroatoms. The number of rotatable bonds is 14. The van der Waals surface area contributed by atoms with Gasteiger partial charge in [-0.1, -0.05) is 68.7 Å². The zero-order chi connectivity index (χ0) is 19.9. The zero-order valence-electron chi connectivity index (χ0n) is 16.1. The lowest BCUT2D eigenvalue weighted by Crippen LogP contribution is -2.07. The van der Waals surface area contributed by atoms with Crippen molar-refractivity contribution in [3.05, 3.63) is 28.2 Å². The number of hydrogen-bond donors (Lipinski definition) is 0. The van der Waals surface area contributed by atoms with Crippen molar-refractivity contribution in [2.24, 2.45) is 0 Å². The lowest BCUT2D eigenvalue weighted by atomic mass is 10.1. The highest BCUT2D eigenvalue weighted by Gasteiger charge is 2.08. The van der Waals surface area contributed by atoms with Gasteiger partial charge >= 0.3 is 11.9 Å². The van der Waals surface area contributed by atoms with Crippen molar-refractivity contribution < 1.29 is 19.1 Å². The first-order valence-electron chi connectivity index (χ1n) is 9.84. The van der Waals surface area contributed by atoms with Crippen LogP contribution in [0.1, 0.15) is 77.6 Å². The maximum Gasteiger partial charge on any atom is 0.311 e. The molecule has 152 valence electrons. The number of ether oxygens (including phenoxy) is 2. The second-order valence-corrected chi connectivity index (χ2v) is 7.44. The lowest BCUT2D eigenvalue weighted by molar-refractivity contribution is -0.144. The maximum absolute atomic E-state index is 11.8. The molecule has 4 nitrogen and oxygen atoms in total. The smallest absolute Gasteiger partial charge is 0.311 e. The van der Waals surface area contributed by atoms with Gasteiger partial charge in [-0.3, -0.25) is 9.59 Å². The molecule has 0 saturated carbocycles. The van der Waals surface area contributed by atoms with Gasteiger partial charge in [-0.2, -0.15) is 0 Å². The van der Waals surface area contributed by atoms with Gasteiger partial charge in [0, 0.05) is 17.9 Å². The molecule has 0 spiro atoms. The summed E-state index contributed by atoms with van der Waals surface area (Å²) in [6, 6.07) is 4.78. The first kappa shape index (κ1) is 23.8. The number of benzene rings is 1. The number of carbonyl (C=O) groups is 2. The van der Waals surface area contributed by atoms with Crippen LogP contribution in [0.5, 0.6) is 5.75 Å². The van der Waals surface area contributed by atoms with E-state index in [-0.39, 0.29) is 11.9 Å². The molecule has 0 fully saturated rings. The summed E-state index contributed by atoms with van der Waals surface area (Å²) in [6.45, 7) is 2.67. The second kappa shape index (κ2) is 14.8. The Morgan fingerprint density at radius 3 is 2.11 bits per heavy atom. The van der Waals surface area contributed by atoms with Crippen LogP contribution in [0.15, 0.2) is 18.2 Å². The molecule has 1 aromatic rings. The first-order chi connectivity index (χ1) is 13.0. The van der Waals surface area contributed by atoms with Crippen LogP contribution < -0.4 is 4.74 Å². The molecule has 0 unspecified atom stereocenters. The molecule has 27 heavy (non-hydrogen) atoms. The lowest BCUT2D eigenvalue weighted by Gasteiger charge is -2.06. The number of unbranched alkanes of at least 4 members (excludes halogenated alkanes) is 7. The van der Waals surface area contributed by atoms with E-state index in [9.17, 15) is 9.59 Å². The van der Waals surface area contributed by atoms with Crippen molar-refractivity contribution in [2.75, 3.05) is 6.61 Å². The number of esters is 2. The van der Waals surface area contributed by atoms with E-state index in [1.54, 1.807) is 18.2 Å². The van der Waals surface area contributed by atoms with Crippen LogP contribution in [0.3, 0.4) is 0 Å². The Morgan fingerprint density at radius 1 is 0.852 bits per heavy atom. The van der Waals surface area contributed by atoms with Gasteiger partial charge in [-0.05, 0) is 37.5 Å². The highest BCUT2D eigenvalue weighted by Crippen LogP contribution is 2.27. The van der Waals surface area contributed by atoms with Gasteiger partial charge in [-0.25, -0.2) is 0 Å². The fourth-order valence-electron chi connectivity index (χ4n) is 2.59. The molecular weight excluding hydrogens is 387 g/mol. The van der Waals surface area contributed by atoms with Crippen molar-refractivity contribution in [1.29, 1.82) is 0 Å². The summed E-state index contributed by atoms with van der Waals surface area (Å²) in [5.74, 6) is -0.0348. The normalized spacial score (nSPS) is 10.6. The minimum Gasteiger partial charge on any atom is -0.466 e. The van der Waals surface area contributed by atoms with Gasteiger partial charge in [0.25, 0.3) is 0 Å². The van der Waals surface area contributed by atoms with Gasteiger partial charge in [0.2, 0.25) is 0 Å². The Balaban J connectivity index is 1.98. The molecule has 0 bridgehead atoms. The summed E-state index contributed by atoms with van der Waals surface area (Å²) in [6.07, 6.45) is 9.77. The monoisotopic (exact) mass is 416 g/mol. The van der Waals surface area contributed by atoms with Crippen LogP contribution in [0.25, 0.3) is 0 Å². The predicted molar refractivity (Wildman–Crippen MR) is 110 cm³/mol. The molecule has 0 aromatic heterocycles. The fourth-order valence-corrected chi connectivity index (χ4v) is 3.03. The van der Waals surface area contributed by atoms with Crippen molar-refractivity contribution in [3.63, 3.8) is 0 Å². The van der Waals surface area contributed by atoms with Crippen LogP contribution in [0.4, 0.5) is 0 Å². The number of hydrogen-bond acceptors (Lipinski definition) is 4. The van der Waals surface area contributed by atoms with Gasteiger partial charge in [0.05, 0.1) is 11.6 Å². The van der Waals surface area contributed by atoms with Crippen molar-refractivity contribution in [3.8, 4) is 5.75 Å². The van der Waals surface area contributed by atoms with E-state index in [0.29, 0.717) is 35.2 Å². The summed E-state index contributed by atoms with van der Waals surface area (Å²) in [5, 5.41) is 0.837. The summed E-state index contributed by atoms with van der Waals surface area (Å²) >= 11 is 11.8. The molecule has 0 heterocycles. The molecule has 0 amide bonds. The zero-order valence-corrected chi connectivity index (χ0v) is 17.6. The van der Waals surface area contributed by atoms with Crippen LogP contribution in [0, 0.1) is 0 Å². The third-order valence-electron chi connectivity index (χ3n) is 4.14. The Morgan fingerprint density at radius 2 is 1.48 bits per heavy atom. The Bertz CT molecular complexity index is 575. The molecule has 1 rings (SSSR count). The van der Waals surface area contributed by atoms with E-state index in [1.165, 1.54) is 0 Å². The Kier molecular flexibility index (Phi) is 13.0. The number of carbonyl (C=O) groups excluding carboxylic acids is 2. The van der Waals surface area contributed by atoms with Crippen LogP contribution in [-0.4, -0.2) is 18.5 Å². The molecule has 0 aliphatic heterocycles. The second-order valence-electron chi connectivity index (χ2n) is 6.60. The summed E-state index contributed by atoms with van der Waals surface area (Å²) in [4.78, 5) is 23.3. The summed E-state index contributed by atoms with van der Waals surface area (Å²) in [5.41, 5.74) is 0. The molecule has 0 N–H and O–H groups in total. The molecular formula is C21H30Cl2O4. The average molecular weight is 417 g/mol. The summed E-state index contributed by atoms with van der Waals surface area (Å²) in [7, 11) is 0. The maximum atomic E-state index is 11.8. The van der Waals surface area contributed by atoms with E-state index >= 15 is 0 Å². The summed E-state index contributed by atoms with van der Waals surface area (Å²) < 4.78 is 10.4. The van der Waals surface area contributed by atoms with Crippen LogP contribution >= 0.6 is 23.2 Å². The molecule has 0 atom stereocenters. The van der Waals surface area contributed by atoms with E-state index < -0.39 is 0 Å². The highest BCUT2D eigenvalue weighted by atomic mass is 35.5. The van der Waals surface area contributed by atoms with Crippen LogP contribution in [0.2, 0.25) is 10.0 Å². The van der Waals surface area contributed by atoms with E-state index in [2.05, 4.69) is 6.92 Å². The van der Waals surface area contributed by atoms with E-state index in [0.717, 1.165) is 57.8 Å². The Labute approximate surface area is 172 Å². The van der Waals surface area contributed by atoms with E-state index in [1.807, 2.05) is 0 Å². The first-order valence-corrected chi connectivity index (χ1v) is 10.6. The minimum atomic E-state index is -0.287. The van der Waals surface area contributed by atoms with Gasteiger partial charge in [-0.15, -0.1) is 0 Å². The molecule has 0 aliphatic rings. The standard InChI is InChI=1S/C21H30Cl2O4/c1-2-3-10-15-26-20(24)11-8-6-4-5-7-9-12-21(25)27-19-14-13-17(22)16-18(19)23/h13-14,16H,2-12,15H2,1H3. The SMILES string of the molecule is CCCCCOC(=O)CCCCCCCCC(=O)Oc1ccc(Cl)cc1Cl.